The minimum Gasteiger partial charge on any atom is -0.495 e. The number of anilines is 4. The number of pyridine rings is 2. The van der Waals surface area contributed by atoms with E-state index in [1.807, 2.05) is 45.4 Å². The van der Waals surface area contributed by atoms with Crippen LogP contribution in [0, 0.1) is 0 Å². The first-order chi connectivity index (χ1) is 25.9. The number of methoxy groups -OCH3 is 2. The van der Waals surface area contributed by atoms with Crippen LogP contribution in [0.5, 0.6) is 11.5 Å². The highest BCUT2D eigenvalue weighted by Crippen LogP contribution is 2.47. The molecule has 0 atom stereocenters. The third-order valence-electron chi connectivity index (χ3n) is 9.36. The van der Waals surface area contributed by atoms with Crippen molar-refractivity contribution >= 4 is 63.2 Å². The Morgan fingerprint density at radius 2 is 1.48 bits per heavy atom. The van der Waals surface area contributed by atoms with Crippen LogP contribution >= 0.6 is 23.2 Å². The first-order valence-corrected chi connectivity index (χ1v) is 18.3. The lowest BCUT2D eigenvalue weighted by atomic mass is 9.99. The van der Waals surface area contributed by atoms with Gasteiger partial charge in [-0.3, -0.25) is 14.8 Å². The molecular formula is C39H48Cl2N10O3. The molecule has 1 saturated heterocycles. The van der Waals surface area contributed by atoms with Gasteiger partial charge in [-0.15, -0.1) is 0 Å². The highest BCUT2D eigenvalue weighted by Gasteiger charge is 2.24. The Hall–Kier alpha value is -4.95. The van der Waals surface area contributed by atoms with E-state index < -0.39 is 0 Å². The molecule has 286 valence electrons. The topological polar surface area (TPSA) is 138 Å². The lowest BCUT2D eigenvalue weighted by Crippen LogP contribution is -2.42. The lowest BCUT2D eigenvalue weighted by Gasteiger charge is -2.35. The van der Waals surface area contributed by atoms with Crippen LogP contribution in [0.3, 0.4) is 0 Å². The highest BCUT2D eigenvalue weighted by atomic mass is 35.5. The predicted molar refractivity (Wildman–Crippen MR) is 220 cm³/mol. The molecule has 0 aliphatic carbocycles. The molecule has 3 aromatic heterocycles. The summed E-state index contributed by atoms with van der Waals surface area (Å²) in [5.41, 5.74) is 9.16. The third kappa shape index (κ3) is 9.58. The van der Waals surface area contributed by atoms with Crippen molar-refractivity contribution in [2.24, 2.45) is 0 Å². The number of nitrogens with two attached hydrogens (primary N) is 1. The number of rotatable bonds is 11. The summed E-state index contributed by atoms with van der Waals surface area (Å²) in [6, 6.07) is 13.2. The summed E-state index contributed by atoms with van der Waals surface area (Å²) in [4.78, 5) is 39.9. The molecule has 1 amide bonds. The van der Waals surface area contributed by atoms with E-state index in [4.69, 9.17) is 38.4 Å². The normalized spacial score (nSPS) is 13.3. The first kappa shape index (κ1) is 40.2. The van der Waals surface area contributed by atoms with Gasteiger partial charge >= 0.3 is 0 Å². The molecular weight excluding hydrogens is 727 g/mol. The van der Waals surface area contributed by atoms with Gasteiger partial charge in [0.1, 0.15) is 28.7 Å². The number of halogens is 2. The molecule has 2 aromatic carbocycles. The van der Waals surface area contributed by atoms with Crippen molar-refractivity contribution in [3.05, 3.63) is 82.9 Å². The van der Waals surface area contributed by atoms with Crippen LogP contribution < -0.4 is 30.3 Å². The van der Waals surface area contributed by atoms with E-state index in [2.05, 4.69) is 58.9 Å². The summed E-state index contributed by atoms with van der Waals surface area (Å²) in [7, 11) is 13.3. The number of likely N-dealkylation sites (N-methyl/N-ethyl adjacent to an activating group) is 2. The first-order valence-electron chi connectivity index (χ1n) is 17.5. The number of likely N-dealkylation sites (tertiary alicyclic amines) is 1. The number of carbonyl (C=O) groups excluding carboxylic acids is 1. The van der Waals surface area contributed by atoms with Crippen LogP contribution in [0.25, 0.3) is 22.2 Å². The fraction of sp³-hybridized carbons (Fsp3) is 0.359. The molecule has 1 aliphatic rings. The molecule has 4 heterocycles. The summed E-state index contributed by atoms with van der Waals surface area (Å²) >= 11 is 13.3. The summed E-state index contributed by atoms with van der Waals surface area (Å²) in [5, 5.41) is 3.49. The molecule has 0 unspecified atom stereocenters. The monoisotopic (exact) mass is 774 g/mol. The van der Waals surface area contributed by atoms with E-state index in [1.165, 1.54) is 46.3 Å². The Labute approximate surface area is 327 Å². The molecule has 6 rings (SSSR count). The highest BCUT2D eigenvalue weighted by molar-refractivity contribution is 6.41. The number of benzene rings is 2. The maximum Gasteiger partial charge on any atom is 0.257 e. The number of amides is 1. The Morgan fingerprint density at radius 1 is 0.852 bits per heavy atom. The minimum atomic E-state index is -0.349. The van der Waals surface area contributed by atoms with Crippen LogP contribution in [-0.4, -0.2) is 117 Å². The molecule has 5 aromatic rings. The maximum atomic E-state index is 13.3. The minimum absolute atomic E-state index is 0.296. The fourth-order valence-electron chi connectivity index (χ4n) is 6.09. The zero-order chi connectivity index (χ0) is 38.9. The molecule has 13 nitrogen and oxygen atoms in total. The van der Waals surface area contributed by atoms with E-state index in [-0.39, 0.29) is 5.91 Å². The second-order valence-electron chi connectivity index (χ2n) is 13.4. The molecule has 0 saturated carbocycles. The zero-order valence-electron chi connectivity index (χ0n) is 31.8. The number of nitrogen functional groups attached to an aromatic ring is 1. The molecule has 0 bridgehead atoms. The van der Waals surface area contributed by atoms with Gasteiger partial charge in [0.2, 0.25) is 0 Å². The van der Waals surface area contributed by atoms with E-state index in [0.717, 1.165) is 30.4 Å². The Morgan fingerprint density at radius 3 is 2.06 bits per heavy atom. The standard InChI is InChI=1S/C27H28Cl2N6O3.C12H20N4/c1-34(2)12-13-35(3)21-9-6-16(15-32-21)33-27(36)18-8-7-17(25-26(18)31-11-10-30-25)22-23(28)19(37-4)14-20(38-5)24(22)29;1-15-7-5-11(6-8-15)16(2)12-4-3-10(13)9-14-12/h6-11,14-15H,12-13H2,1-5H3,(H,33,36);3-4,9,11H,5-8,13H2,1-2H3. The molecule has 3 N–H and O–H groups in total. The van der Waals surface area contributed by atoms with Crippen molar-refractivity contribution in [1.29, 1.82) is 0 Å². The number of hydrogen-bond donors (Lipinski definition) is 2. The number of nitrogens with one attached hydrogen (secondary N) is 1. The third-order valence-corrected chi connectivity index (χ3v) is 10.1. The summed E-state index contributed by atoms with van der Waals surface area (Å²) < 4.78 is 10.8. The van der Waals surface area contributed by atoms with Crippen molar-refractivity contribution in [2.75, 3.05) is 96.5 Å². The van der Waals surface area contributed by atoms with Crippen LogP contribution in [0.2, 0.25) is 10.0 Å². The van der Waals surface area contributed by atoms with Crippen molar-refractivity contribution in [3.63, 3.8) is 0 Å². The molecule has 1 fully saturated rings. The number of hydrogen-bond acceptors (Lipinski definition) is 12. The number of ether oxygens (including phenoxy) is 2. The van der Waals surface area contributed by atoms with Gasteiger partial charge in [-0.2, -0.15) is 0 Å². The predicted octanol–water partition coefficient (Wildman–Crippen LogP) is 6.46. The number of piperidine rings is 1. The van der Waals surface area contributed by atoms with Crippen LogP contribution in [0.1, 0.15) is 23.2 Å². The maximum absolute atomic E-state index is 13.3. The van der Waals surface area contributed by atoms with E-state index >= 15 is 0 Å². The Kier molecular flexibility index (Phi) is 13.7. The number of nitrogens with zero attached hydrogens (tertiary/aromatic N) is 8. The van der Waals surface area contributed by atoms with Crippen molar-refractivity contribution in [2.45, 2.75) is 18.9 Å². The quantitative estimate of drug-likeness (QED) is 0.152. The zero-order valence-corrected chi connectivity index (χ0v) is 33.3. The van der Waals surface area contributed by atoms with Gasteiger partial charge in [0, 0.05) is 62.8 Å². The van der Waals surface area contributed by atoms with Crippen molar-refractivity contribution in [1.82, 2.24) is 29.7 Å². The average molecular weight is 776 g/mol. The number of fused-ring (bicyclic) bond motifs is 1. The van der Waals surface area contributed by atoms with Crippen molar-refractivity contribution in [3.8, 4) is 22.6 Å². The summed E-state index contributed by atoms with van der Waals surface area (Å²) in [6.07, 6.45) is 8.84. The largest absolute Gasteiger partial charge is 0.495 e. The van der Waals surface area contributed by atoms with Crippen LogP contribution in [0.4, 0.5) is 23.0 Å². The van der Waals surface area contributed by atoms with Crippen LogP contribution in [-0.2, 0) is 0 Å². The summed E-state index contributed by atoms with van der Waals surface area (Å²) in [5.74, 6) is 2.27. The van der Waals surface area contributed by atoms with Crippen LogP contribution in [0.15, 0.2) is 67.3 Å². The van der Waals surface area contributed by atoms with Gasteiger partial charge in [0.25, 0.3) is 5.91 Å². The van der Waals surface area contributed by atoms with E-state index in [1.54, 1.807) is 36.8 Å². The van der Waals surface area contributed by atoms with E-state index in [9.17, 15) is 4.79 Å². The van der Waals surface area contributed by atoms with Gasteiger partial charge in [-0.05, 0) is 77.4 Å². The van der Waals surface area contributed by atoms with Gasteiger partial charge in [0.15, 0.2) is 0 Å². The van der Waals surface area contributed by atoms with Gasteiger partial charge in [0.05, 0.1) is 59.1 Å². The van der Waals surface area contributed by atoms with Gasteiger partial charge in [-0.1, -0.05) is 29.3 Å². The fourth-order valence-corrected chi connectivity index (χ4v) is 6.79. The second-order valence-corrected chi connectivity index (χ2v) is 14.1. The van der Waals surface area contributed by atoms with E-state index in [0.29, 0.717) is 61.0 Å². The number of aromatic nitrogens is 4. The number of carbonyl (C=O) groups is 1. The van der Waals surface area contributed by atoms with Gasteiger partial charge < -0.3 is 40.1 Å². The Balaban J connectivity index is 0.000000291. The molecule has 54 heavy (non-hydrogen) atoms. The van der Waals surface area contributed by atoms with Crippen molar-refractivity contribution < 1.29 is 14.3 Å². The van der Waals surface area contributed by atoms with Gasteiger partial charge in [-0.25, -0.2) is 9.97 Å². The smallest absolute Gasteiger partial charge is 0.257 e. The molecule has 0 spiro atoms. The molecule has 1 aliphatic heterocycles. The molecule has 15 heteroatoms. The lowest BCUT2D eigenvalue weighted by molar-refractivity contribution is 0.102. The second kappa shape index (κ2) is 18.4. The summed E-state index contributed by atoms with van der Waals surface area (Å²) in [6.45, 7) is 4.07. The molecule has 0 radical (unpaired) electrons. The average Bonchev–Trinajstić information content (AvgIpc) is 3.18. The SMILES string of the molecule is CN1CCC(N(C)c2ccc(N)cn2)CC1.COc1cc(OC)c(Cl)c(-c2ccc(C(=O)Nc3ccc(N(C)CCN(C)C)nc3)c3nccnc23)c1Cl. The Bertz CT molecular complexity index is 2000.